The van der Waals surface area contributed by atoms with Crippen LogP contribution in [0.25, 0.3) is 0 Å². The van der Waals surface area contributed by atoms with Crippen molar-refractivity contribution in [3.8, 4) is 0 Å². The molecule has 1 aliphatic carbocycles. The predicted octanol–water partition coefficient (Wildman–Crippen LogP) is 3.54. The summed E-state index contributed by atoms with van der Waals surface area (Å²) in [6.07, 6.45) is 7.47. The summed E-state index contributed by atoms with van der Waals surface area (Å²) in [5, 5.41) is 9.77. The summed E-state index contributed by atoms with van der Waals surface area (Å²) in [4.78, 5) is 6.76. The molecule has 1 saturated carbocycles. The van der Waals surface area contributed by atoms with E-state index in [0.717, 1.165) is 17.3 Å². The van der Waals surface area contributed by atoms with E-state index < -0.39 is 6.10 Å². The molecule has 3 nitrogen and oxygen atoms in total. The Kier molecular flexibility index (Phi) is 4.81. The van der Waals surface area contributed by atoms with Gasteiger partial charge in [-0.05, 0) is 37.3 Å². The Hall–Kier alpha value is -1.09. The molecule has 0 saturated heterocycles. The summed E-state index contributed by atoms with van der Waals surface area (Å²) in [6, 6.07) is 4.66. The molecule has 3 heteroatoms. The molecule has 1 N–H and O–H groups in total. The van der Waals surface area contributed by atoms with Crippen LogP contribution in [0.2, 0.25) is 0 Å². The van der Waals surface area contributed by atoms with Gasteiger partial charge in [-0.2, -0.15) is 0 Å². The first-order valence-corrected chi connectivity index (χ1v) is 7.50. The topological polar surface area (TPSA) is 36.4 Å². The molecule has 1 heterocycles. The van der Waals surface area contributed by atoms with Crippen molar-refractivity contribution in [2.24, 2.45) is 5.92 Å². The standard InChI is InChI=1S/C16H26N2O/c1-4-16(19)14-10-9-13(11-17-14)18(3)15-8-6-5-7-12(15)2/h9-12,15-16,19H,4-8H2,1-3H3/t12?,15?,16-/m0/s1. The van der Waals surface area contributed by atoms with Gasteiger partial charge in [0.05, 0.1) is 23.7 Å². The van der Waals surface area contributed by atoms with Gasteiger partial charge in [-0.25, -0.2) is 0 Å². The maximum absolute atomic E-state index is 9.77. The van der Waals surface area contributed by atoms with E-state index in [1.807, 2.05) is 19.2 Å². The van der Waals surface area contributed by atoms with Gasteiger partial charge in [0, 0.05) is 13.1 Å². The van der Waals surface area contributed by atoms with E-state index in [2.05, 4.69) is 29.9 Å². The largest absolute Gasteiger partial charge is 0.387 e. The Morgan fingerprint density at radius 1 is 1.37 bits per heavy atom. The normalized spacial score (nSPS) is 25.1. The zero-order valence-electron chi connectivity index (χ0n) is 12.3. The van der Waals surface area contributed by atoms with E-state index in [9.17, 15) is 5.11 Å². The van der Waals surface area contributed by atoms with Crippen LogP contribution in [0.15, 0.2) is 18.3 Å². The van der Waals surface area contributed by atoms with Crippen molar-refractivity contribution >= 4 is 5.69 Å². The molecule has 1 fully saturated rings. The van der Waals surface area contributed by atoms with E-state index in [1.165, 1.54) is 25.7 Å². The number of rotatable bonds is 4. The summed E-state index contributed by atoms with van der Waals surface area (Å²) in [5.41, 5.74) is 1.93. The van der Waals surface area contributed by atoms with Gasteiger partial charge >= 0.3 is 0 Å². The Balaban J connectivity index is 2.08. The van der Waals surface area contributed by atoms with Gasteiger partial charge in [-0.1, -0.05) is 26.7 Å². The molecule has 0 spiro atoms. The Bertz CT molecular complexity index is 390. The summed E-state index contributed by atoms with van der Waals surface area (Å²) in [5.74, 6) is 0.750. The van der Waals surface area contributed by atoms with E-state index in [0.29, 0.717) is 12.5 Å². The number of aliphatic hydroxyl groups is 1. The minimum Gasteiger partial charge on any atom is -0.387 e. The number of hydrogen-bond donors (Lipinski definition) is 1. The molecule has 1 aliphatic rings. The second-order valence-electron chi connectivity index (χ2n) is 5.81. The highest BCUT2D eigenvalue weighted by molar-refractivity contribution is 5.45. The van der Waals surface area contributed by atoms with Gasteiger partial charge < -0.3 is 10.0 Å². The lowest BCUT2D eigenvalue weighted by Gasteiger charge is -2.37. The van der Waals surface area contributed by atoms with Crippen LogP contribution in [0.3, 0.4) is 0 Å². The first-order chi connectivity index (χ1) is 9.13. The average Bonchev–Trinajstić information content (AvgIpc) is 2.46. The highest BCUT2D eigenvalue weighted by atomic mass is 16.3. The van der Waals surface area contributed by atoms with Gasteiger partial charge in [0.2, 0.25) is 0 Å². The van der Waals surface area contributed by atoms with Crippen LogP contribution in [-0.2, 0) is 0 Å². The maximum atomic E-state index is 9.77. The molecule has 2 unspecified atom stereocenters. The Labute approximate surface area is 116 Å². The molecule has 0 aromatic carbocycles. The van der Waals surface area contributed by atoms with Crippen molar-refractivity contribution in [3.63, 3.8) is 0 Å². The summed E-state index contributed by atoms with van der Waals surface area (Å²) in [6.45, 7) is 4.32. The molecule has 3 atom stereocenters. The number of anilines is 1. The van der Waals surface area contributed by atoms with Crippen molar-refractivity contribution < 1.29 is 5.11 Å². The number of pyridine rings is 1. The molecule has 106 valence electrons. The quantitative estimate of drug-likeness (QED) is 0.901. The minimum atomic E-state index is -0.437. The number of aliphatic hydroxyl groups excluding tert-OH is 1. The first kappa shape index (κ1) is 14.3. The van der Waals surface area contributed by atoms with Gasteiger partial charge in [0.15, 0.2) is 0 Å². The van der Waals surface area contributed by atoms with Crippen LogP contribution in [0.5, 0.6) is 0 Å². The molecular formula is C16H26N2O. The zero-order valence-corrected chi connectivity index (χ0v) is 12.3. The monoisotopic (exact) mass is 262 g/mol. The molecule has 0 amide bonds. The lowest BCUT2D eigenvalue weighted by Crippen LogP contribution is -2.39. The van der Waals surface area contributed by atoms with Gasteiger partial charge in [0.1, 0.15) is 0 Å². The van der Waals surface area contributed by atoms with Crippen molar-refractivity contribution in [3.05, 3.63) is 24.0 Å². The summed E-state index contributed by atoms with van der Waals surface area (Å²) < 4.78 is 0. The molecule has 19 heavy (non-hydrogen) atoms. The zero-order chi connectivity index (χ0) is 13.8. The van der Waals surface area contributed by atoms with Crippen LogP contribution < -0.4 is 4.90 Å². The van der Waals surface area contributed by atoms with Crippen LogP contribution >= 0.6 is 0 Å². The first-order valence-electron chi connectivity index (χ1n) is 7.50. The van der Waals surface area contributed by atoms with Gasteiger partial charge in [-0.3, -0.25) is 4.98 Å². The Morgan fingerprint density at radius 3 is 2.68 bits per heavy atom. The lowest BCUT2D eigenvalue weighted by atomic mass is 9.85. The fourth-order valence-electron chi connectivity index (χ4n) is 3.08. The van der Waals surface area contributed by atoms with Crippen LogP contribution in [0, 0.1) is 5.92 Å². The van der Waals surface area contributed by atoms with Crippen LogP contribution in [-0.4, -0.2) is 23.2 Å². The second-order valence-corrected chi connectivity index (χ2v) is 5.81. The average molecular weight is 262 g/mol. The van der Waals surface area contributed by atoms with E-state index in [4.69, 9.17) is 0 Å². The van der Waals surface area contributed by atoms with Crippen LogP contribution in [0.1, 0.15) is 57.7 Å². The molecule has 0 bridgehead atoms. The molecule has 2 rings (SSSR count). The summed E-state index contributed by atoms with van der Waals surface area (Å²) in [7, 11) is 2.17. The fourth-order valence-corrected chi connectivity index (χ4v) is 3.08. The minimum absolute atomic E-state index is 0.437. The van der Waals surface area contributed by atoms with E-state index in [-0.39, 0.29) is 0 Å². The summed E-state index contributed by atoms with van der Waals surface area (Å²) >= 11 is 0. The highest BCUT2D eigenvalue weighted by Crippen LogP contribution is 2.30. The molecular weight excluding hydrogens is 236 g/mol. The van der Waals surface area contributed by atoms with Crippen molar-refractivity contribution in [2.45, 2.75) is 58.1 Å². The molecule has 1 aromatic heterocycles. The number of nitrogens with zero attached hydrogens (tertiary/aromatic N) is 2. The van der Waals surface area contributed by atoms with E-state index in [1.54, 1.807) is 0 Å². The van der Waals surface area contributed by atoms with E-state index >= 15 is 0 Å². The Morgan fingerprint density at radius 2 is 2.11 bits per heavy atom. The smallest absolute Gasteiger partial charge is 0.0957 e. The highest BCUT2D eigenvalue weighted by Gasteiger charge is 2.25. The van der Waals surface area contributed by atoms with Gasteiger partial charge in [0.25, 0.3) is 0 Å². The molecule has 1 aromatic rings. The second kappa shape index (κ2) is 6.38. The van der Waals surface area contributed by atoms with Crippen molar-refractivity contribution in [1.29, 1.82) is 0 Å². The fraction of sp³-hybridized carbons (Fsp3) is 0.688. The predicted molar refractivity (Wildman–Crippen MR) is 79.3 cm³/mol. The molecule has 0 aliphatic heterocycles. The van der Waals surface area contributed by atoms with Crippen molar-refractivity contribution in [2.75, 3.05) is 11.9 Å². The SMILES string of the molecule is CC[C@H](O)c1ccc(N(C)C2CCCCC2C)cn1. The third-order valence-electron chi connectivity index (χ3n) is 4.47. The maximum Gasteiger partial charge on any atom is 0.0957 e. The van der Waals surface area contributed by atoms with Crippen LogP contribution in [0.4, 0.5) is 5.69 Å². The van der Waals surface area contributed by atoms with Gasteiger partial charge in [-0.15, -0.1) is 0 Å². The third-order valence-corrected chi connectivity index (χ3v) is 4.47. The van der Waals surface area contributed by atoms with Crippen molar-refractivity contribution in [1.82, 2.24) is 4.98 Å². The number of aromatic nitrogens is 1. The molecule has 0 radical (unpaired) electrons. The lowest BCUT2D eigenvalue weighted by molar-refractivity contribution is 0.169. The third kappa shape index (κ3) is 3.27. The number of hydrogen-bond acceptors (Lipinski definition) is 3.